The lowest BCUT2D eigenvalue weighted by Gasteiger charge is -2.38. The molecule has 1 aliphatic heterocycles. The molecule has 0 aromatic carbocycles. The molecule has 0 saturated carbocycles. The van der Waals surface area contributed by atoms with Gasteiger partial charge < -0.3 is 24.4 Å². The highest BCUT2D eigenvalue weighted by Gasteiger charge is 2.37. The minimum Gasteiger partial charge on any atom is -0.480 e. The molecule has 1 heterocycles. The van der Waals surface area contributed by atoms with E-state index in [0.717, 1.165) is 0 Å². The van der Waals surface area contributed by atoms with Crippen molar-refractivity contribution in [3.63, 3.8) is 0 Å². The summed E-state index contributed by atoms with van der Waals surface area (Å²) in [6.07, 6.45) is 0. The van der Waals surface area contributed by atoms with E-state index in [1.165, 1.54) is 16.9 Å². The summed E-state index contributed by atoms with van der Waals surface area (Å²) in [6, 6.07) is -1.63. The number of rotatable bonds is 4. The van der Waals surface area contributed by atoms with Crippen LogP contribution in [0.15, 0.2) is 0 Å². The summed E-state index contributed by atoms with van der Waals surface area (Å²) in [5.74, 6) is -1.67. The SMILES string of the molecule is COC(=O)C1COCCN1C(=O)N(CC(=O)O)C(C)C. The molecule has 0 aromatic rings. The second-order valence-electron chi connectivity index (χ2n) is 4.71. The molecule has 0 aliphatic carbocycles. The molecular formula is C12H20N2O6. The summed E-state index contributed by atoms with van der Waals surface area (Å²) in [5.41, 5.74) is 0. The standard InChI is InChI=1S/C12H20N2O6/c1-8(2)14(6-10(15)16)12(18)13-4-5-20-7-9(13)11(17)19-3/h8-9H,4-7H2,1-3H3,(H,15,16). The number of aliphatic carboxylic acids is 1. The van der Waals surface area contributed by atoms with E-state index in [1.54, 1.807) is 13.8 Å². The summed E-state index contributed by atoms with van der Waals surface area (Å²) in [4.78, 5) is 37.4. The van der Waals surface area contributed by atoms with Gasteiger partial charge in [0.1, 0.15) is 6.54 Å². The minimum atomic E-state index is -1.10. The van der Waals surface area contributed by atoms with E-state index >= 15 is 0 Å². The number of hydrogen-bond acceptors (Lipinski definition) is 5. The van der Waals surface area contributed by atoms with Crippen molar-refractivity contribution in [3.05, 3.63) is 0 Å². The number of methoxy groups -OCH3 is 1. The zero-order valence-electron chi connectivity index (χ0n) is 11.9. The second-order valence-corrected chi connectivity index (χ2v) is 4.71. The first-order valence-corrected chi connectivity index (χ1v) is 6.33. The van der Waals surface area contributed by atoms with Gasteiger partial charge >= 0.3 is 18.0 Å². The molecule has 0 bridgehead atoms. The Balaban J connectivity index is 2.89. The van der Waals surface area contributed by atoms with Gasteiger partial charge in [-0.1, -0.05) is 0 Å². The van der Waals surface area contributed by atoms with Crippen molar-refractivity contribution in [3.8, 4) is 0 Å². The molecule has 8 nitrogen and oxygen atoms in total. The van der Waals surface area contributed by atoms with E-state index in [9.17, 15) is 14.4 Å². The highest BCUT2D eigenvalue weighted by molar-refractivity contribution is 5.86. The number of ether oxygens (including phenoxy) is 2. The molecule has 2 amide bonds. The Bertz CT molecular complexity index is 384. The Morgan fingerprint density at radius 3 is 2.60 bits per heavy atom. The largest absolute Gasteiger partial charge is 0.480 e. The van der Waals surface area contributed by atoms with Crippen LogP contribution in [0.3, 0.4) is 0 Å². The third-order valence-electron chi connectivity index (χ3n) is 3.02. The van der Waals surface area contributed by atoms with Crippen LogP contribution in [-0.4, -0.2) is 78.4 Å². The quantitative estimate of drug-likeness (QED) is 0.718. The Labute approximate surface area is 117 Å². The molecule has 1 rings (SSSR count). The third-order valence-corrected chi connectivity index (χ3v) is 3.02. The second kappa shape index (κ2) is 7.09. The van der Waals surface area contributed by atoms with Gasteiger partial charge in [0.05, 0.1) is 20.3 Å². The highest BCUT2D eigenvalue weighted by atomic mass is 16.5. The number of amides is 2. The Hall–Kier alpha value is -1.83. The molecule has 1 fully saturated rings. The van der Waals surface area contributed by atoms with Gasteiger partial charge in [0, 0.05) is 12.6 Å². The fourth-order valence-electron chi connectivity index (χ4n) is 1.95. The number of esters is 1. The topological polar surface area (TPSA) is 96.4 Å². The predicted molar refractivity (Wildman–Crippen MR) is 68.2 cm³/mol. The van der Waals surface area contributed by atoms with Crippen LogP contribution in [0.2, 0.25) is 0 Å². The maximum atomic E-state index is 12.4. The van der Waals surface area contributed by atoms with Crippen molar-refractivity contribution < 1.29 is 29.0 Å². The summed E-state index contributed by atoms with van der Waals surface area (Å²) in [6.45, 7) is 3.60. The van der Waals surface area contributed by atoms with E-state index in [4.69, 9.17) is 9.84 Å². The van der Waals surface area contributed by atoms with Gasteiger partial charge in [-0.15, -0.1) is 0 Å². The first kappa shape index (κ1) is 16.2. The van der Waals surface area contributed by atoms with Crippen LogP contribution >= 0.6 is 0 Å². The maximum Gasteiger partial charge on any atom is 0.331 e. The van der Waals surface area contributed by atoms with Crippen molar-refractivity contribution in [1.82, 2.24) is 9.80 Å². The molecule has 114 valence electrons. The summed E-state index contributed by atoms with van der Waals surface area (Å²) in [5, 5.41) is 8.87. The smallest absolute Gasteiger partial charge is 0.331 e. The highest BCUT2D eigenvalue weighted by Crippen LogP contribution is 2.13. The zero-order valence-corrected chi connectivity index (χ0v) is 11.9. The van der Waals surface area contributed by atoms with Crippen molar-refractivity contribution in [2.75, 3.05) is 33.4 Å². The molecule has 1 aliphatic rings. The van der Waals surface area contributed by atoms with E-state index < -0.39 is 30.6 Å². The van der Waals surface area contributed by atoms with Crippen LogP contribution in [0.25, 0.3) is 0 Å². The lowest BCUT2D eigenvalue weighted by molar-refractivity contribution is -0.151. The molecule has 0 spiro atoms. The number of carboxylic acids is 1. The molecule has 0 radical (unpaired) electrons. The van der Waals surface area contributed by atoms with Gasteiger partial charge in [0.2, 0.25) is 0 Å². The molecular weight excluding hydrogens is 268 g/mol. The van der Waals surface area contributed by atoms with Gasteiger partial charge in [-0.05, 0) is 13.8 Å². The Morgan fingerprint density at radius 2 is 2.10 bits per heavy atom. The van der Waals surface area contributed by atoms with Crippen LogP contribution in [0.5, 0.6) is 0 Å². The first-order valence-electron chi connectivity index (χ1n) is 6.33. The number of carboxylic acid groups (broad SMARTS) is 1. The molecule has 1 unspecified atom stereocenters. The van der Waals surface area contributed by atoms with Gasteiger partial charge in [0.25, 0.3) is 0 Å². The zero-order chi connectivity index (χ0) is 15.3. The van der Waals surface area contributed by atoms with Crippen LogP contribution in [0.4, 0.5) is 4.79 Å². The average Bonchev–Trinajstić information content (AvgIpc) is 2.42. The van der Waals surface area contributed by atoms with E-state index in [-0.39, 0.29) is 19.2 Å². The van der Waals surface area contributed by atoms with Crippen LogP contribution in [0.1, 0.15) is 13.8 Å². The number of morpholine rings is 1. The molecule has 20 heavy (non-hydrogen) atoms. The van der Waals surface area contributed by atoms with E-state index in [1.807, 2.05) is 0 Å². The number of carbonyl (C=O) groups is 3. The summed E-state index contributed by atoms with van der Waals surface area (Å²) < 4.78 is 9.82. The first-order chi connectivity index (χ1) is 9.38. The molecule has 1 N–H and O–H groups in total. The minimum absolute atomic E-state index is 0.0530. The lowest BCUT2D eigenvalue weighted by Crippen LogP contribution is -2.58. The van der Waals surface area contributed by atoms with E-state index in [2.05, 4.69) is 4.74 Å². The van der Waals surface area contributed by atoms with Gasteiger partial charge in [-0.3, -0.25) is 4.79 Å². The molecule has 0 aromatic heterocycles. The summed E-state index contributed by atoms with van der Waals surface area (Å²) in [7, 11) is 1.23. The maximum absolute atomic E-state index is 12.4. The Morgan fingerprint density at radius 1 is 1.45 bits per heavy atom. The van der Waals surface area contributed by atoms with Crippen LogP contribution in [0, 0.1) is 0 Å². The van der Waals surface area contributed by atoms with Gasteiger partial charge in [-0.2, -0.15) is 0 Å². The van der Waals surface area contributed by atoms with Gasteiger partial charge in [0.15, 0.2) is 6.04 Å². The van der Waals surface area contributed by atoms with Crippen LogP contribution in [-0.2, 0) is 19.1 Å². The van der Waals surface area contributed by atoms with Crippen molar-refractivity contribution >= 4 is 18.0 Å². The fraction of sp³-hybridized carbons (Fsp3) is 0.750. The van der Waals surface area contributed by atoms with Crippen molar-refractivity contribution in [2.24, 2.45) is 0 Å². The molecule has 1 atom stereocenters. The number of carbonyl (C=O) groups excluding carboxylic acids is 2. The fourth-order valence-corrected chi connectivity index (χ4v) is 1.95. The average molecular weight is 288 g/mol. The van der Waals surface area contributed by atoms with E-state index in [0.29, 0.717) is 6.61 Å². The predicted octanol–water partition coefficient (Wildman–Crippen LogP) is -0.225. The summed E-state index contributed by atoms with van der Waals surface area (Å²) >= 11 is 0. The van der Waals surface area contributed by atoms with Crippen molar-refractivity contribution in [2.45, 2.75) is 25.9 Å². The van der Waals surface area contributed by atoms with Crippen LogP contribution < -0.4 is 0 Å². The number of urea groups is 1. The normalized spacial score (nSPS) is 18.8. The molecule has 1 saturated heterocycles. The van der Waals surface area contributed by atoms with Crippen molar-refractivity contribution in [1.29, 1.82) is 0 Å². The monoisotopic (exact) mass is 288 g/mol. The third kappa shape index (κ3) is 3.83. The lowest BCUT2D eigenvalue weighted by atomic mass is 10.2. The van der Waals surface area contributed by atoms with Gasteiger partial charge in [-0.25, -0.2) is 9.59 Å². The Kier molecular flexibility index (Phi) is 5.75. The molecule has 8 heteroatoms. The number of hydrogen-bond donors (Lipinski definition) is 1. The number of nitrogens with zero attached hydrogens (tertiary/aromatic N) is 2.